The molecule has 2 saturated heterocycles. The Morgan fingerprint density at radius 1 is 1.32 bits per heavy atom. The Bertz CT molecular complexity index is 509. The number of carbonyl (C=O) groups is 1. The number of hydrogen-bond donors (Lipinski definition) is 1. The summed E-state index contributed by atoms with van der Waals surface area (Å²) in [5, 5.41) is 14.1. The van der Waals surface area contributed by atoms with E-state index in [2.05, 4.69) is 5.10 Å². The summed E-state index contributed by atoms with van der Waals surface area (Å²) in [6.07, 6.45) is 9.45. The maximum Gasteiger partial charge on any atom is 0.331 e. The van der Waals surface area contributed by atoms with Crippen LogP contribution in [0.2, 0.25) is 0 Å². The first-order valence-electron chi connectivity index (χ1n) is 7.11. The number of nitrogens with zero attached hydrogens (tertiary/aromatic N) is 2. The van der Waals surface area contributed by atoms with Crippen LogP contribution < -0.4 is 0 Å². The average molecular weight is 262 g/mol. The first-order chi connectivity index (χ1) is 9.17. The highest BCUT2D eigenvalue weighted by atomic mass is 16.5. The van der Waals surface area contributed by atoms with Gasteiger partial charge in [-0.1, -0.05) is 0 Å². The first kappa shape index (κ1) is 11.5. The first-order valence-corrected chi connectivity index (χ1v) is 7.11. The van der Waals surface area contributed by atoms with E-state index in [4.69, 9.17) is 4.74 Å². The van der Waals surface area contributed by atoms with Crippen molar-refractivity contribution in [2.75, 3.05) is 0 Å². The zero-order valence-electron chi connectivity index (χ0n) is 10.8. The number of aliphatic carboxylic acids is 1. The van der Waals surface area contributed by atoms with Crippen LogP contribution in [0.4, 0.5) is 0 Å². The Labute approximate surface area is 111 Å². The third-order valence-electron chi connectivity index (χ3n) is 4.81. The zero-order chi connectivity index (χ0) is 13.0. The number of carboxylic acids is 1. The van der Waals surface area contributed by atoms with Crippen LogP contribution >= 0.6 is 0 Å². The molecular weight excluding hydrogens is 244 g/mol. The van der Waals surface area contributed by atoms with E-state index in [0.717, 1.165) is 12.8 Å². The molecule has 3 fully saturated rings. The van der Waals surface area contributed by atoms with Crippen LogP contribution in [0, 0.1) is 0 Å². The summed E-state index contributed by atoms with van der Waals surface area (Å²) in [7, 11) is 0. The van der Waals surface area contributed by atoms with Gasteiger partial charge in [0, 0.05) is 19.0 Å². The Balaban J connectivity index is 1.71. The summed E-state index contributed by atoms with van der Waals surface area (Å²) in [5.41, 5.74) is 0.302. The Morgan fingerprint density at radius 2 is 2.00 bits per heavy atom. The molecule has 3 aliphatic rings. The standard InChI is InChI=1S/C14H18N2O3/c17-13(18)14(5-11-3-4-12(6-14)19-11)16-8-10(7-15-16)9-1-2-9/h7-9,11-12H,1-6H2,(H,17,18). The maximum absolute atomic E-state index is 11.9. The minimum absolute atomic E-state index is 0.0865. The predicted molar refractivity (Wildman–Crippen MR) is 66.9 cm³/mol. The van der Waals surface area contributed by atoms with E-state index in [1.807, 2.05) is 12.4 Å². The lowest BCUT2D eigenvalue weighted by Crippen LogP contribution is -2.49. The van der Waals surface area contributed by atoms with Crippen LogP contribution in [-0.2, 0) is 15.1 Å². The number of ether oxygens (including phenoxy) is 1. The Hall–Kier alpha value is -1.36. The SMILES string of the molecule is O=C(O)C1(n2cc(C3CC3)cn2)CC2CCC(C1)O2. The van der Waals surface area contributed by atoms with Crippen molar-refractivity contribution in [3.8, 4) is 0 Å². The van der Waals surface area contributed by atoms with Gasteiger partial charge in [0.25, 0.3) is 0 Å². The molecule has 1 N–H and O–H groups in total. The summed E-state index contributed by atoms with van der Waals surface area (Å²) in [6, 6.07) is 0. The van der Waals surface area contributed by atoms with Gasteiger partial charge < -0.3 is 9.84 Å². The molecule has 0 amide bonds. The van der Waals surface area contributed by atoms with Gasteiger partial charge >= 0.3 is 5.97 Å². The van der Waals surface area contributed by atoms with Crippen molar-refractivity contribution in [3.63, 3.8) is 0 Å². The van der Waals surface area contributed by atoms with Crippen LogP contribution in [0.15, 0.2) is 12.4 Å². The van der Waals surface area contributed by atoms with E-state index in [9.17, 15) is 9.90 Å². The van der Waals surface area contributed by atoms with Gasteiger partial charge in [0.2, 0.25) is 0 Å². The number of hydrogen-bond acceptors (Lipinski definition) is 3. The lowest BCUT2D eigenvalue weighted by molar-refractivity contribution is -0.158. The minimum atomic E-state index is -0.892. The van der Waals surface area contributed by atoms with Gasteiger partial charge in [0.05, 0.1) is 18.4 Å². The summed E-state index contributed by atoms with van der Waals surface area (Å²) in [4.78, 5) is 11.9. The molecule has 4 rings (SSSR count). The molecule has 2 atom stereocenters. The van der Waals surface area contributed by atoms with Crippen molar-refractivity contribution in [1.29, 1.82) is 0 Å². The minimum Gasteiger partial charge on any atom is -0.479 e. The van der Waals surface area contributed by atoms with E-state index in [0.29, 0.717) is 18.8 Å². The molecular formula is C14H18N2O3. The Kier molecular flexibility index (Phi) is 2.31. The fraction of sp³-hybridized carbons (Fsp3) is 0.714. The second-order valence-corrected chi connectivity index (χ2v) is 6.19. The molecule has 0 radical (unpaired) electrons. The number of fused-ring (bicyclic) bond motifs is 2. The van der Waals surface area contributed by atoms with E-state index >= 15 is 0 Å². The molecule has 1 aromatic rings. The quantitative estimate of drug-likeness (QED) is 0.903. The molecule has 0 aromatic carbocycles. The number of rotatable bonds is 3. The van der Waals surface area contributed by atoms with Crippen LogP contribution in [0.25, 0.3) is 0 Å². The number of carboxylic acid groups (broad SMARTS) is 1. The summed E-state index contributed by atoms with van der Waals surface area (Å²) < 4.78 is 7.49. The van der Waals surface area contributed by atoms with E-state index in [1.54, 1.807) is 4.68 Å². The fourth-order valence-corrected chi connectivity index (χ4v) is 3.57. The van der Waals surface area contributed by atoms with Gasteiger partial charge in [-0.25, -0.2) is 4.79 Å². The summed E-state index contributed by atoms with van der Waals surface area (Å²) >= 11 is 0. The monoisotopic (exact) mass is 262 g/mol. The predicted octanol–water partition coefficient (Wildman–Crippen LogP) is 1.88. The molecule has 2 bridgehead atoms. The molecule has 3 heterocycles. The second-order valence-electron chi connectivity index (χ2n) is 6.19. The molecule has 1 aliphatic carbocycles. The van der Waals surface area contributed by atoms with Gasteiger partial charge in [-0.15, -0.1) is 0 Å². The number of aromatic nitrogens is 2. The smallest absolute Gasteiger partial charge is 0.331 e. The highest BCUT2D eigenvalue weighted by Gasteiger charge is 2.52. The van der Waals surface area contributed by atoms with Crippen molar-refractivity contribution >= 4 is 5.97 Å². The van der Waals surface area contributed by atoms with E-state index in [1.165, 1.54) is 18.4 Å². The normalized spacial score (nSPS) is 37.5. The fourth-order valence-electron chi connectivity index (χ4n) is 3.57. The lowest BCUT2D eigenvalue weighted by Gasteiger charge is -2.37. The van der Waals surface area contributed by atoms with E-state index in [-0.39, 0.29) is 12.2 Å². The molecule has 0 spiro atoms. The highest BCUT2D eigenvalue weighted by Crippen LogP contribution is 2.44. The van der Waals surface area contributed by atoms with Crippen LogP contribution in [0.5, 0.6) is 0 Å². The van der Waals surface area contributed by atoms with Crippen LogP contribution in [0.3, 0.4) is 0 Å². The van der Waals surface area contributed by atoms with Gasteiger partial charge in [-0.3, -0.25) is 4.68 Å². The van der Waals surface area contributed by atoms with Crippen LogP contribution in [-0.4, -0.2) is 33.1 Å². The molecule has 2 unspecified atom stereocenters. The lowest BCUT2D eigenvalue weighted by atomic mass is 9.86. The molecule has 5 nitrogen and oxygen atoms in total. The summed E-state index contributed by atoms with van der Waals surface area (Å²) in [5.74, 6) is -0.158. The van der Waals surface area contributed by atoms with Crippen molar-refractivity contribution < 1.29 is 14.6 Å². The molecule has 5 heteroatoms. The van der Waals surface area contributed by atoms with Gasteiger partial charge in [0.15, 0.2) is 5.54 Å². The van der Waals surface area contributed by atoms with Crippen molar-refractivity contribution in [3.05, 3.63) is 18.0 Å². The summed E-state index contributed by atoms with van der Waals surface area (Å²) in [6.45, 7) is 0. The molecule has 19 heavy (non-hydrogen) atoms. The van der Waals surface area contributed by atoms with Crippen LogP contribution in [0.1, 0.15) is 50.0 Å². The van der Waals surface area contributed by atoms with Crippen molar-refractivity contribution in [1.82, 2.24) is 9.78 Å². The molecule has 2 aliphatic heterocycles. The van der Waals surface area contributed by atoms with Crippen molar-refractivity contribution in [2.24, 2.45) is 0 Å². The molecule has 1 saturated carbocycles. The molecule has 102 valence electrons. The zero-order valence-corrected chi connectivity index (χ0v) is 10.8. The van der Waals surface area contributed by atoms with Gasteiger partial charge in [-0.2, -0.15) is 5.10 Å². The van der Waals surface area contributed by atoms with Gasteiger partial charge in [-0.05, 0) is 37.2 Å². The average Bonchev–Trinajstić information content (AvgIpc) is 3.03. The maximum atomic E-state index is 11.9. The topological polar surface area (TPSA) is 64.3 Å². The van der Waals surface area contributed by atoms with Gasteiger partial charge in [0.1, 0.15) is 0 Å². The Morgan fingerprint density at radius 3 is 2.58 bits per heavy atom. The molecule has 1 aromatic heterocycles. The highest BCUT2D eigenvalue weighted by molar-refractivity contribution is 5.77. The second kappa shape index (κ2) is 3.82. The third-order valence-corrected chi connectivity index (χ3v) is 4.81. The third kappa shape index (κ3) is 1.71. The van der Waals surface area contributed by atoms with E-state index < -0.39 is 11.5 Å². The largest absolute Gasteiger partial charge is 0.479 e. The van der Waals surface area contributed by atoms with Crippen molar-refractivity contribution in [2.45, 2.75) is 62.2 Å².